The third kappa shape index (κ3) is 3.94. The minimum Gasteiger partial charge on any atom is -0.492 e. The maximum absolute atomic E-state index is 5.42. The summed E-state index contributed by atoms with van der Waals surface area (Å²) in [6, 6.07) is 9.70. The van der Waals surface area contributed by atoms with Crippen molar-refractivity contribution in [1.82, 2.24) is 4.98 Å². The van der Waals surface area contributed by atoms with Crippen LogP contribution in [0.25, 0.3) is 0 Å². The van der Waals surface area contributed by atoms with Crippen LogP contribution in [-0.2, 0) is 0 Å². The van der Waals surface area contributed by atoms with Crippen molar-refractivity contribution < 1.29 is 4.74 Å². The molecule has 1 aromatic heterocycles. The number of ether oxygens (including phenoxy) is 1. The molecule has 0 amide bonds. The van der Waals surface area contributed by atoms with Crippen molar-refractivity contribution in [2.75, 3.05) is 18.5 Å². The number of anilines is 2. The predicted molar refractivity (Wildman–Crippen MR) is 80.9 cm³/mol. The largest absolute Gasteiger partial charge is 0.492 e. The average molecular weight is 322 g/mol. The summed E-state index contributed by atoms with van der Waals surface area (Å²) < 4.78 is 6.42. The Morgan fingerprint density at radius 2 is 2.05 bits per heavy atom. The lowest BCUT2D eigenvalue weighted by molar-refractivity contribution is 0.328. The Morgan fingerprint density at radius 1 is 1.32 bits per heavy atom. The van der Waals surface area contributed by atoms with E-state index >= 15 is 0 Å². The van der Waals surface area contributed by atoms with Crippen molar-refractivity contribution in [1.29, 1.82) is 0 Å². The summed E-state index contributed by atoms with van der Waals surface area (Å²) >= 11 is 3.43. The van der Waals surface area contributed by atoms with Gasteiger partial charge in [-0.25, -0.2) is 4.98 Å². The summed E-state index contributed by atoms with van der Waals surface area (Å²) in [5.74, 6) is 1.63. The fourth-order valence-corrected chi connectivity index (χ4v) is 1.78. The van der Waals surface area contributed by atoms with Gasteiger partial charge >= 0.3 is 0 Å². The van der Waals surface area contributed by atoms with Crippen molar-refractivity contribution >= 4 is 27.4 Å². The molecule has 0 saturated heterocycles. The molecule has 0 aliphatic heterocycles. The SMILES string of the molecule is Cc1cc(Nc2ccc(OCCN)cc2)ncc1Br. The van der Waals surface area contributed by atoms with Crippen LogP contribution < -0.4 is 15.8 Å². The maximum atomic E-state index is 5.42. The summed E-state index contributed by atoms with van der Waals surface area (Å²) in [4.78, 5) is 4.30. The number of aromatic nitrogens is 1. The number of aryl methyl sites for hydroxylation is 1. The van der Waals surface area contributed by atoms with Gasteiger partial charge in [0.1, 0.15) is 18.2 Å². The lowest BCUT2D eigenvalue weighted by Gasteiger charge is -2.09. The number of nitrogens with two attached hydrogens (primary N) is 1. The van der Waals surface area contributed by atoms with Gasteiger partial charge in [0.25, 0.3) is 0 Å². The molecule has 1 heterocycles. The normalized spacial score (nSPS) is 10.3. The first-order chi connectivity index (χ1) is 9.19. The van der Waals surface area contributed by atoms with E-state index in [2.05, 4.69) is 26.2 Å². The van der Waals surface area contributed by atoms with Crippen LogP contribution >= 0.6 is 15.9 Å². The second kappa shape index (κ2) is 6.54. The lowest BCUT2D eigenvalue weighted by atomic mass is 10.2. The fraction of sp³-hybridized carbons (Fsp3) is 0.214. The van der Waals surface area contributed by atoms with Crippen LogP contribution in [0.3, 0.4) is 0 Å². The highest BCUT2D eigenvalue weighted by atomic mass is 79.9. The quantitative estimate of drug-likeness (QED) is 0.887. The van der Waals surface area contributed by atoms with E-state index < -0.39 is 0 Å². The first kappa shape index (κ1) is 13.8. The molecule has 0 unspecified atom stereocenters. The molecule has 0 spiro atoms. The van der Waals surface area contributed by atoms with Gasteiger partial charge in [-0.05, 0) is 58.7 Å². The number of hydrogen-bond donors (Lipinski definition) is 2. The molecule has 3 N–H and O–H groups in total. The van der Waals surface area contributed by atoms with Crippen molar-refractivity contribution in [2.45, 2.75) is 6.92 Å². The maximum Gasteiger partial charge on any atom is 0.130 e. The highest BCUT2D eigenvalue weighted by molar-refractivity contribution is 9.10. The van der Waals surface area contributed by atoms with Crippen LogP contribution in [0.2, 0.25) is 0 Å². The first-order valence-corrected chi connectivity index (χ1v) is 6.80. The van der Waals surface area contributed by atoms with Crippen molar-refractivity contribution in [2.24, 2.45) is 5.73 Å². The third-order valence-electron chi connectivity index (χ3n) is 2.56. The third-order valence-corrected chi connectivity index (χ3v) is 3.39. The minimum absolute atomic E-state index is 0.516. The molecule has 0 saturated carbocycles. The van der Waals surface area contributed by atoms with Crippen molar-refractivity contribution in [3.05, 3.63) is 46.6 Å². The molecule has 0 bridgehead atoms. The van der Waals surface area contributed by atoms with E-state index in [9.17, 15) is 0 Å². The second-order valence-electron chi connectivity index (χ2n) is 4.11. The smallest absolute Gasteiger partial charge is 0.130 e. The average Bonchev–Trinajstić information content (AvgIpc) is 2.42. The molecule has 2 aromatic rings. The zero-order chi connectivity index (χ0) is 13.7. The lowest BCUT2D eigenvalue weighted by Crippen LogP contribution is -2.10. The standard InChI is InChI=1S/C14H16BrN3O/c1-10-8-14(17-9-13(10)15)18-11-2-4-12(5-3-11)19-7-6-16/h2-5,8-9H,6-7,16H2,1H3,(H,17,18). The van der Waals surface area contributed by atoms with Crippen molar-refractivity contribution in [3.8, 4) is 5.75 Å². The number of rotatable bonds is 5. The van der Waals surface area contributed by atoms with Crippen LogP contribution in [0.4, 0.5) is 11.5 Å². The van der Waals surface area contributed by atoms with Gasteiger partial charge in [-0.1, -0.05) is 0 Å². The molecule has 0 aliphatic rings. The second-order valence-corrected chi connectivity index (χ2v) is 4.96. The van der Waals surface area contributed by atoms with Gasteiger partial charge in [0.2, 0.25) is 0 Å². The molecule has 1 aromatic carbocycles. The van der Waals surface area contributed by atoms with Gasteiger partial charge < -0.3 is 15.8 Å². The molecule has 0 fully saturated rings. The highest BCUT2D eigenvalue weighted by Crippen LogP contribution is 2.22. The molecular formula is C14H16BrN3O. The molecule has 5 heteroatoms. The topological polar surface area (TPSA) is 60.2 Å². The zero-order valence-corrected chi connectivity index (χ0v) is 12.3. The number of nitrogens with zero attached hydrogens (tertiary/aromatic N) is 1. The summed E-state index contributed by atoms with van der Waals surface area (Å²) in [5.41, 5.74) is 7.49. The Labute approximate surface area is 121 Å². The van der Waals surface area contributed by atoms with Crippen LogP contribution in [0.1, 0.15) is 5.56 Å². The molecule has 0 radical (unpaired) electrons. The van der Waals surface area contributed by atoms with Gasteiger partial charge in [-0.3, -0.25) is 0 Å². The van der Waals surface area contributed by atoms with E-state index in [1.807, 2.05) is 37.3 Å². The zero-order valence-electron chi connectivity index (χ0n) is 10.7. The summed E-state index contributed by atoms with van der Waals surface area (Å²) in [5, 5.41) is 3.24. The monoisotopic (exact) mass is 321 g/mol. The predicted octanol–water partition coefficient (Wildman–Crippen LogP) is 3.23. The molecular weight excluding hydrogens is 306 g/mol. The molecule has 100 valence electrons. The highest BCUT2D eigenvalue weighted by Gasteiger charge is 2.00. The van der Waals surface area contributed by atoms with Crippen LogP contribution in [0.15, 0.2) is 41.0 Å². The van der Waals surface area contributed by atoms with Crippen LogP contribution in [0, 0.1) is 6.92 Å². The minimum atomic E-state index is 0.516. The molecule has 4 nitrogen and oxygen atoms in total. The number of benzene rings is 1. The van der Waals surface area contributed by atoms with Crippen molar-refractivity contribution in [3.63, 3.8) is 0 Å². The molecule has 2 rings (SSSR count). The number of nitrogens with one attached hydrogen (secondary N) is 1. The van der Waals surface area contributed by atoms with Crippen LogP contribution in [0.5, 0.6) is 5.75 Å². The van der Waals surface area contributed by atoms with Gasteiger partial charge in [0, 0.05) is 22.9 Å². The summed E-state index contributed by atoms with van der Waals surface area (Å²) in [6.45, 7) is 3.07. The number of halogens is 1. The molecule has 0 aliphatic carbocycles. The Kier molecular flexibility index (Phi) is 4.76. The Hall–Kier alpha value is -1.59. The van der Waals surface area contributed by atoms with E-state index in [0.29, 0.717) is 13.2 Å². The van der Waals surface area contributed by atoms with E-state index in [1.165, 1.54) is 0 Å². The molecule has 0 atom stereocenters. The van der Waals surface area contributed by atoms with E-state index in [4.69, 9.17) is 10.5 Å². The van der Waals surface area contributed by atoms with Gasteiger partial charge in [0.05, 0.1) is 0 Å². The number of pyridine rings is 1. The van der Waals surface area contributed by atoms with E-state index in [-0.39, 0.29) is 0 Å². The summed E-state index contributed by atoms with van der Waals surface area (Å²) in [7, 11) is 0. The fourth-order valence-electron chi connectivity index (χ4n) is 1.57. The van der Waals surface area contributed by atoms with E-state index in [1.54, 1.807) is 6.20 Å². The van der Waals surface area contributed by atoms with Gasteiger partial charge in [0.15, 0.2) is 0 Å². The van der Waals surface area contributed by atoms with Gasteiger partial charge in [-0.15, -0.1) is 0 Å². The van der Waals surface area contributed by atoms with Crippen LogP contribution in [-0.4, -0.2) is 18.1 Å². The Balaban J connectivity index is 2.04. The number of hydrogen-bond acceptors (Lipinski definition) is 4. The molecule has 19 heavy (non-hydrogen) atoms. The Bertz CT molecular complexity index is 543. The summed E-state index contributed by atoms with van der Waals surface area (Å²) in [6.07, 6.45) is 1.79. The van der Waals surface area contributed by atoms with Gasteiger partial charge in [-0.2, -0.15) is 0 Å². The first-order valence-electron chi connectivity index (χ1n) is 6.01. The Morgan fingerprint density at radius 3 is 2.68 bits per heavy atom. The van der Waals surface area contributed by atoms with E-state index in [0.717, 1.165) is 27.3 Å².